The monoisotopic (exact) mass is 497 g/mol. The third kappa shape index (κ3) is 4.49. The molecule has 9 heteroatoms. The lowest BCUT2D eigenvalue weighted by Gasteiger charge is -2.54. The second kappa shape index (κ2) is 9.32. The van der Waals surface area contributed by atoms with Crippen molar-refractivity contribution in [3.05, 3.63) is 65.7 Å². The van der Waals surface area contributed by atoms with Gasteiger partial charge in [0.15, 0.2) is 5.78 Å². The number of benzene rings is 1. The minimum absolute atomic E-state index is 0.00203. The van der Waals surface area contributed by atoms with Gasteiger partial charge in [-0.2, -0.15) is 15.3 Å². The number of hydrogen-bond donors (Lipinski definition) is 1. The van der Waals surface area contributed by atoms with Crippen LogP contribution in [0.2, 0.25) is 0 Å². The number of aliphatic hydroxyl groups excluding tert-OH is 1. The molecule has 0 aliphatic carbocycles. The number of hydrogen-bond acceptors (Lipinski definition) is 8. The molecular weight excluding hydrogens is 466 g/mol. The Labute approximate surface area is 215 Å². The van der Waals surface area contributed by atoms with Crippen molar-refractivity contribution in [2.75, 3.05) is 38.1 Å². The zero-order valence-corrected chi connectivity index (χ0v) is 21.3. The summed E-state index contributed by atoms with van der Waals surface area (Å²) in [4.78, 5) is 22.4. The number of likely N-dealkylation sites (tertiary alicyclic amines) is 1. The number of pyridine rings is 1. The van der Waals surface area contributed by atoms with Gasteiger partial charge in [-0.1, -0.05) is 6.07 Å². The molecule has 1 aromatic carbocycles. The van der Waals surface area contributed by atoms with E-state index in [-0.39, 0.29) is 18.8 Å². The number of rotatable bonds is 6. The Hall–Kier alpha value is -3.69. The number of carbonyl (C=O) groups excluding carboxylic acids is 1. The van der Waals surface area contributed by atoms with E-state index in [2.05, 4.69) is 37.1 Å². The van der Waals surface area contributed by atoms with Gasteiger partial charge in [0.25, 0.3) is 0 Å². The number of piperidine rings is 1. The average Bonchev–Trinajstić information content (AvgIpc) is 3.28. The van der Waals surface area contributed by atoms with Gasteiger partial charge in [0.05, 0.1) is 36.1 Å². The first kappa shape index (κ1) is 23.7. The molecule has 0 saturated carbocycles. The number of fused-ring (bicyclic) bond motifs is 1. The van der Waals surface area contributed by atoms with Crippen LogP contribution in [-0.4, -0.2) is 74.0 Å². The summed E-state index contributed by atoms with van der Waals surface area (Å²) < 4.78 is 1.67. The Morgan fingerprint density at radius 2 is 1.86 bits per heavy atom. The van der Waals surface area contributed by atoms with Gasteiger partial charge >= 0.3 is 0 Å². The lowest BCUT2D eigenvalue weighted by Crippen LogP contribution is -2.60. The summed E-state index contributed by atoms with van der Waals surface area (Å²) in [6.07, 6.45) is 6.10. The molecule has 0 bridgehead atoms. The largest absolute Gasteiger partial charge is 0.390 e. The fourth-order valence-electron chi connectivity index (χ4n) is 5.60. The van der Waals surface area contributed by atoms with Crippen LogP contribution in [0.1, 0.15) is 34.6 Å². The highest BCUT2D eigenvalue weighted by molar-refractivity contribution is 5.98. The predicted molar refractivity (Wildman–Crippen MR) is 141 cm³/mol. The zero-order valence-electron chi connectivity index (χ0n) is 21.3. The van der Waals surface area contributed by atoms with Crippen LogP contribution in [0.25, 0.3) is 22.0 Å². The second-order valence-electron chi connectivity index (χ2n) is 10.6. The van der Waals surface area contributed by atoms with Crippen LogP contribution in [0.5, 0.6) is 0 Å². The van der Waals surface area contributed by atoms with E-state index in [0.29, 0.717) is 16.7 Å². The molecule has 3 aromatic heterocycles. The molecule has 2 saturated heterocycles. The molecule has 0 radical (unpaired) electrons. The molecule has 1 spiro atoms. The minimum Gasteiger partial charge on any atom is -0.390 e. The number of ketones is 1. The SMILES string of the molecule is CN1CCC2(CC1)CN(c1cc(C(=O)Cc3cc4cc(-c5cnn(C)c5CO)ccc4nn3)ccn1)C2. The van der Waals surface area contributed by atoms with Gasteiger partial charge in [-0.25, -0.2) is 4.98 Å². The number of nitrogens with zero attached hydrogens (tertiary/aromatic N) is 7. The summed E-state index contributed by atoms with van der Waals surface area (Å²) in [5.74, 6) is 0.874. The van der Waals surface area contributed by atoms with Gasteiger partial charge in [0.2, 0.25) is 0 Å². The fourth-order valence-corrected chi connectivity index (χ4v) is 5.60. The normalized spacial score (nSPS) is 17.3. The molecule has 5 heterocycles. The Morgan fingerprint density at radius 1 is 1.05 bits per heavy atom. The zero-order chi connectivity index (χ0) is 25.6. The van der Waals surface area contributed by atoms with Crippen LogP contribution in [-0.2, 0) is 20.1 Å². The van der Waals surface area contributed by atoms with Crippen molar-refractivity contribution in [3.8, 4) is 11.1 Å². The Balaban J connectivity index is 1.18. The molecule has 9 nitrogen and oxygen atoms in total. The number of anilines is 1. The topological polar surface area (TPSA) is 100 Å². The van der Waals surface area contributed by atoms with E-state index >= 15 is 0 Å². The Morgan fingerprint density at radius 3 is 2.65 bits per heavy atom. The van der Waals surface area contributed by atoms with E-state index in [1.54, 1.807) is 23.1 Å². The summed E-state index contributed by atoms with van der Waals surface area (Å²) in [6.45, 7) is 4.23. The number of aliphatic hydroxyl groups is 1. The fraction of sp³-hybridized carbons (Fsp3) is 0.393. The van der Waals surface area contributed by atoms with E-state index < -0.39 is 0 Å². The number of Topliss-reactive ketones (excluding diaryl/α,β-unsaturated/α-hetero) is 1. The molecule has 2 aliphatic heterocycles. The maximum absolute atomic E-state index is 13.2. The predicted octanol–water partition coefficient (Wildman–Crippen LogP) is 2.88. The third-order valence-electron chi connectivity index (χ3n) is 7.99. The van der Waals surface area contributed by atoms with Crippen molar-refractivity contribution < 1.29 is 9.90 Å². The Bertz CT molecular complexity index is 1460. The van der Waals surface area contributed by atoms with Crippen LogP contribution in [0.3, 0.4) is 0 Å². The standard InChI is InChI=1S/C28H31N7O2/c1-33-9-6-28(7-10-33)17-35(18-28)27-13-20(5-8-29-27)26(37)14-22-12-21-11-19(3-4-24(21)32-31-22)23-15-30-34(2)25(23)16-36/h3-5,8,11-13,15,36H,6-7,9-10,14,16-18H2,1-2H3. The third-order valence-corrected chi connectivity index (χ3v) is 7.99. The van der Waals surface area contributed by atoms with Gasteiger partial charge in [-0.3, -0.25) is 9.48 Å². The maximum atomic E-state index is 13.2. The highest BCUT2D eigenvalue weighted by Crippen LogP contribution is 2.41. The minimum atomic E-state index is -0.0953. The molecule has 0 atom stereocenters. The molecule has 0 unspecified atom stereocenters. The molecule has 1 N–H and O–H groups in total. The van der Waals surface area contributed by atoms with E-state index in [9.17, 15) is 9.90 Å². The first-order valence-electron chi connectivity index (χ1n) is 12.7. The molecule has 4 aromatic rings. The molecule has 190 valence electrons. The van der Waals surface area contributed by atoms with E-state index in [0.717, 1.165) is 59.7 Å². The average molecular weight is 498 g/mol. The second-order valence-corrected chi connectivity index (χ2v) is 10.6. The molecule has 37 heavy (non-hydrogen) atoms. The highest BCUT2D eigenvalue weighted by Gasteiger charge is 2.44. The summed E-state index contributed by atoms with van der Waals surface area (Å²) in [6, 6.07) is 11.5. The van der Waals surface area contributed by atoms with Crippen LogP contribution in [0.15, 0.2) is 48.8 Å². The van der Waals surface area contributed by atoms with Crippen LogP contribution >= 0.6 is 0 Å². The smallest absolute Gasteiger partial charge is 0.169 e. The van der Waals surface area contributed by atoms with Gasteiger partial charge in [-0.15, -0.1) is 0 Å². The lowest BCUT2D eigenvalue weighted by atomic mass is 9.72. The molecular formula is C28H31N7O2. The van der Waals surface area contributed by atoms with Crippen molar-refractivity contribution >= 4 is 22.5 Å². The molecule has 2 aliphatic rings. The van der Waals surface area contributed by atoms with Crippen LogP contribution in [0.4, 0.5) is 5.82 Å². The number of aryl methyl sites for hydroxylation is 1. The highest BCUT2D eigenvalue weighted by atomic mass is 16.3. The van der Waals surface area contributed by atoms with Gasteiger partial charge in [-0.05, 0) is 68.9 Å². The van der Waals surface area contributed by atoms with Crippen molar-refractivity contribution in [2.45, 2.75) is 25.9 Å². The summed E-state index contributed by atoms with van der Waals surface area (Å²) in [5.41, 5.74) is 4.98. The first-order valence-corrected chi connectivity index (χ1v) is 12.7. The maximum Gasteiger partial charge on any atom is 0.169 e. The van der Waals surface area contributed by atoms with E-state index in [1.165, 1.54) is 12.8 Å². The number of aromatic nitrogens is 5. The van der Waals surface area contributed by atoms with Gasteiger partial charge in [0.1, 0.15) is 5.82 Å². The van der Waals surface area contributed by atoms with E-state index in [1.807, 2.05) is 37.4 Å². The van der Waals surface area contributed by atoms with E-state index in [4.69, 9.17) is 0 Å². The van der Waals surface area contributed by atoms with Gasteiger partial charge in [0, 0.05) is 48.3 Å². The number of carbonyl (C=O) groups is 1. The summed E-state index contributed by atoms with van der Waals surface area (Å²) in [5, 5.41) is 23.5. The Kier molecular flexibility index (Phi) is 5.97. The van der Waals surface area contributed by atoms with Crippen LogP contribution < -0.4 is 4.90 Å². The molecule has 6 rings (SSSR count). The van der Waals surface area contributed by atoms with Crippen molar-refractivity contribution in [2.24, 2.45) is 12.5 Å². The molecule has 2 fully saturated rings. The van der Waals surface area contributed by atoms with Crippen molar-refractivity contribution in [1.29, 1.82) is 0 Å². The molecule has 0 amide bonds. The van der Waals surface area contributed by atoms with Crippen LogP contribution in [0, 0.1) is 5.41 Å². The van der Waals surface area contributed by atoms with Gasteiger partial charge < -0.3 is 14.9 Å². The first-order chi connectivity index (χ1) is 17.9. The quantitative estimate of drug-likeness (QED) is 0.406. The summed E-state index contributed by atoms with van der Waals surface area (Å²) in [7, 11) is 4.00. The van der Waals surface area contributed by atoms with Crippen molar-refractivity contribution in [1.82, 2.24) is 29.9 Å². The van der Waals surface area contributed by atoms with Crippen molar-refractivity contribution in [3.63, 3.8) is 0 Å². The summed E-state index contributed by atoms with van der Waals surface area (Å²) >= 11 is 0. The lowest BCUT2D eigenvalue weighted by molar-refractivity contribution is 0.0900.